The maximum Gasteiger partial charge on any atom is 0.273 e. The standard InChI is InChI=1S/C40H52N4O3/c1-4-40(47)20-17-32-30-13-12-28-26-29(15-18-38(28,2)31(30)16-19-39(32,40)3)42-22-24-43(25-23-42)37(46)35-10-7-21-44(35)36(45)34-14-11-27-8-5-6-9-33(27)41-34/h1,5-6,8-9,11,14,28-32,35,47H,7,10,12-13,15-26H2,2-3H3/t28?,29-,30?,31?,32?,35-,38-,39-,40-/m0/s1. The van der Waals surface area contributed by atoms with Crippen molar-refractivity contribution >= 4 is 22.7 Å². The van der Waals surface area contributed by atoms with Crippen LogP contribution in [0.1, 0.15) is 95.0 Å². The van der Waals surface area contributed by atoms with Crippen LogP contribution in [0.5, 0.6) is 0 Å². The van der Waals surface area contributed by atoms with E-state index >= 15 is 0 Å². The van der Waals surface area contributed by atoms with Crippen molar-refractivity contribution in [3.05, 3.63) is 42.1 Å². The van der Waals surface area contributed by atoms with Gasteiger partial charge in [0.15, 0.2) is 0 Å². The van der Waals surface area contributed by atoms with E-state index in [1.807, 2.05) is 35.2 Å². The first-order chi connectivity index (χ1) is 22.6. The Hall–Kier alpha value is -2.95. The van der Waals surface area contributed by atoms with Crippen LogP contribution < -0.4 is 0 Å². The predicted molar refractivity (Wildman–Crippen MR) is 183 cm³/mol. The number of hydrogen-bond acceptors (Lipinski definition) is 5. The van der Waals surface area contributed by atoms with E-state index in [0.29, 0.717) is 35.5 Å². The fourth-order valence-electron chi connectivity index (χ4n) is 11.9. The largest absolute Gasteiger partial charge is 0.377 e. The third-order valence-corrected chi connectivity index (χ3v) is 14.8. The number of pyridine rings is 1. The Morgan fingerprint density at radius 3 is 2.49 bits per heavy atom. The highest BCUT2D eigenvalue weighted by molar-refractivity contribution is 5.98. The van der Waals surface area contributed by atoms with Crippen LogP contribution in [0.3, 0.4) is 0 Å². The Labute approximate surface area is 280 Å². The van der Waals surface area contributed by atoms with Gasteiger partial charge in [-0.3, -0.25) is 14.5 Å². The number of piperazine rings is 1. The van der Waals surface area contributed by atoms with Crippen molar-refractivity contribution in [3.8, 4) is 12.3 Å². The Morgan fingerprint density at radius 2 is 1.68 bits per heavy atom. The average molecular weight is 637 g/mol. The minimum absolute atomic E-state index is 0.110. The van der Waals surface area contributed by atoms with Gasteiger partial charge in [-0.05, 0) is 112 Å². The second-order valence-corrected chi connectivity index (χ2v) is 16.5. The van der Waals surface area contributed by atoms with E-state index in [1.165, 1.54) is 38.5 Å². The summed E-state index contributed by atoms with van der Waals surface area (Å²) < 4.78 is 0. The number of para-hydroxylation sites is 1. The van der Waals surface area contributed by atoms with E-state index in [4.69, 9.17) is 6.42 Å². The van der Waals surface area contributed by atoms with Crippen LogP contribution in [0.2, 0.25) is 0 Å². The molecular weight excluding hydrogens is 584 g/mol. The Bertz CT molecular complexity index is 1600. The molecule has 7 nitrogen and oxygen atoms in total. The van der Waals surface area contributed by atoms with Crippen LogP contribution in [0, 0.1) is 46.8 Å². The number of aliphatic hydroxyl groups is 1. The molecule has 4 aliphatic carbocycles. The molecule has 8 rings (SSSR count). The zero-order valence-corrected chi connectivity index (χ0v) is 28.4. The number of carbonyl (C=O) groups is 2. The number of likely N-dealkylation sites (tertiary alicyclic amines) is 1. The summed E-state index contributed by atoms with van der Waals surface area (Å²) >= 11 is 0. The van der Waals surface area contributed by atoms with Crippen LogP contribution in [0.15, 0.2) is 36.4 Å². The molecule has 2 aromatic rings. The molecule has 47 heavy (non-hydrogen) atoms. The summed E-state index contributed by atoms with van der Waals surface area (Å²) in [6, 6.07) is 11.8. The minimum Gasteiger partial charge on any atom is -0.377 e. The molecule has 1 N–H and O–H groups in total. The second-order valence-electron chi connectivity index (χ2n) is 16.5. The molecule has 7 heteroatoms. The smallest absolute Gasteiger partial charge is 0.273 e. The van der Waals surface area contributed by atoms with Crippen molar-refractivity contribution in [2.24, 2.45) is 34.5 Å². The molecule has 6 fully saturated rings. The average Bonchev–Trinajstić information content (AvgIpc) is 3.70. The van der Waals surface area contributed by atoms with Gasteiger partial charge in [-0.2, -0.15) is 0 Å². The number of rotatable bonds is 3. The lowest BCUT2D eigenvalue weighted by Gasteiger charge is -2.62. The number of hydrogen-bond donors (Lipinski definition) is 1. The van der Waals surface area contributed by atoms with Gasteiger partial charge in [-0.25, -0.2) is 4.98 Å². The van der Waals surface area contributed by atoms with E-state index in [2.05, 4.69) is 29.7 Å². The third kappa shape index (κ3) is 4.87. The maximum atomic E-state index is 13.8. The molecule has 250 valence electrons. The molecule has 1 aromatic carbocycles. The van der Waals surface area contributed by atoms with Gasteiger partial charge in [-0.1, -0.05) is 44.0 Å². The topological polar surface area (TPSA) is 77.0 Å². The van der Waals surface area contributed by atoms with Gasteiger partial charge in [0.25, 0.3) is 5.91 Å². The van der Waals surface area contributed by atoms with Crippen molar-refractivity contribution in [1.29, 1.82) is 0 Å². The lowest BCUT2D eigenvalue weighted by Crippen LogP contribution is -2.59. The van der Waals surface area contributed by atoms with Crippen molar-refractivity contribution in [2.75, 3.05) is 32.7 Å². The molecular formula is C40H52N4O3. The molecule has 0 radical (unpaired) electrons. The number of amides is 2. The van der Waals surface area contributed by atoms with Gasteiger partial charge >= 0.3 is 0 Å². The highest BCUT2D eigenvalue weighted by Crippen LogP contribution is 2.68. The summed E-state index contributed by atoms with van der Waals surface area (Å²) in [6.07, 6.45) is 18.0. The fraction of sp³-hybridized carbons (Fsp3) is 0.675. The maximum absolute atomic E-state index is 13.8. The van der Waals surface area contributed by atoms with Gasteiger partial charge in [0, 0.05) is 49.6 Å². The Morgan fingerprint density at radius 1 is 0.894 bits per heavy atom. The molecule has 3 heterocycles. The summed E-state index contributed by atoms with van der Waals surface area (Å²) in [7, 11) is 0. The number of benzene rings is 1. The van der Waals surface area contributed by atoms with Gasteiger partial charge in [-0.15, -0.1) is 6.42 Å². The number of nitrogens with zero attached hydrogens (tertiary/aromatic N) is 4. The van der Waals surface area contributed by atoms with Crippen molar-refractivity contribution < 1.29 is 14.7 Å². The fourth-order valence-corrected chi connectivity index (χ4v) is 11.9. The first-order valence-corrected chi connectivity index (χ1v) is 18.5. The van der Waals surface area contributed by atoms with E-state index < -0.39 is 5.60 Å². The molecule has 2 aliphatic heterocycles. The summed E-state index contributed by atoms with van der Waals surface area (Å²) in [5.74, 6) is 5.56. The van der Waals surface area contributed by atoms with Crippen LogP contribution in [0.4, 0.5) is 0 Å². The van der Waals surface area contributed by atoms with Crippen LogP contribution >= 0.6 is 0 Å². The molecule has 2 amide bonds. The van der Waals surface area contributed by atoms with E-state index in [-0.39, 0.29) is 23.3 Å². The molecule has 4 saturated carbocycles. The number of carbonyl (C=O) groups excluding carboxylic acids is 2. The first kappa shape index (κ1) is 31.3. The zero-order chi connectivity index (χ0) is 32.6. The number of aromatic nitrogens is 1. The second kappa shape index (κ2) is 11.6. The summed E-state index contributed by atoms with van der Waals surface area (Å²) in [6.45, 7) is 8.83. The van der Waals surface area contributed by atoms with E-state index in [9.17, 15) is 14.7 Å². The molecule has 6 aliphatic rings. The van der Waals surface area contributed by atoms with Crippen LogP contribution in [-0.4, -0.2) is 87.0 Å². The van der Waals surface area contributed by atoms with Gasteiger partial charge in [0.1, 0.15) is 17.3 Å². The van der Waals surface area contributed by atoms with Crippen molar-refractivity contribution in [1.82, 2.24) is 19.7 Å². The molecule has 0 spiro atoms. The normalized spacial score (nSPS) is 40.4. The summed E-state index contributed by atoms with van der Waals surface area (Å²) in [4.78, 5) is 38.5. The SMILES string of the molecule is C#C[C@]1(O)CCC2C3CCC4C[C@@H](N5CCN(C(=O)[C@@H]6CCCN6C(=O)c6ccc7ccccc7n6)CC5)CC[C@]4(C)C3CC[C@@]21C. The highest BCUT2D eigenvalue weighted by atomic mass is 16.3. The monoisotopic (exact) mass is 636 g/mol. The summed E-state index contributed by atoms with van der Waals surface area (Å²) in [5, 5.41) is 12.4. The van der Waals surface area contributed by atoms with Crippen molar-refractivity contribution in [2.45, 2.75) is 102 Å². The minimum atomic E-state index is -0.929. The number of fused-ring (bicyclic) bond motifs is 6. The third-order valence-electron chi connectivity index (χ3n) is 14.8. The Balaban J connectivity index is 0.878. The number of terminal acetylenes is 1. The van der Waals surface area contributed by atoms with Gasteiger partial charge < -0.3 is 14.9 Å². The molecule has 1 aromatic heterocycles. The molecule has 9 atom stereocenters. The van der Waals surface area contributed by atoms with Gasteiger partial charge in [0.2, 0.25) is 5.91 Å². The zero-order valence-electron chi connectivity index (χ0n) is 28.4. The lowest BCUT2D eigenvalue weighted by molar-refractivity contribution is -0.144. The lowest BCUT2D eigenvalue weighted by atomic mass is 9.44. The molecule has 2 saturated heterocycles. The first-order valence-electron chi connectivity index (χ1n) is 18.5. The highest BCUT2D eigenvalue weighted by Gasteiger charge is 2.64. The summed E-state index contributed by atoms with van der Waals surface area (Å²) in [5.41, 5.74) is 0.554. The van der Waals surface area contributed by atoms with Gasteiger partial charge in [0.05, 0.1) is 5.52 Å². The molecule has 0 bridgehead atoms. The predicted octanol–water partition coefficient (Wildman–Crippen LogP) is 5.76. The quantitative estimate of drug-likeness (QED) is 0.434. The van der Waals surface area contributed by atoms with Crippen molar-refractivity contribution in [3.63, 3.8) is 0 Å². The van der Waals surface area contributed by atoms with E-state index in [0.717, 1.165) is 81.0 Å². The Kier molecular flexibility index (Phi) is 7.72. The molecule has 4 unspecified atom stereocenters. The van der Waals surface area contributed by atoms with E-state index in [1.54, 1.807) is 11.0 Å². The van der Waals surface area contributed by atoms with Crippen LogP contribution in [0.25, 0.3) is 10.9 Å². The van der Waals surface area contributed by atoms with Crippen LogP contribution in [-0.2, 0) is 4.79 Å².